The third kappa shape index (κ3) is 24.2. The van der Waals surface area contributed by atoms with E-state index in [0.29, 0.717) is 16.8 Å². The third-order valence-corrected chi connectivity index (χ3v) is 25.4. The Morgan fingerprint density at radius 3 is 0.984 bits per heavy atom. The molecule has 0 radical (unpaired) electrons. The van der Waals surface area contributed by atoms with Gasteiger partial charge in [0.15, 0.2) is 0 Å². The molecule has 24 heteroatoms. The van der Waals surface area contributed by atoms with Crippen molar-refractivity contribution in [1.82, 2.24) is 86.7 Å². The molecular weight excluding hydrogens is 1580 g/mol. The van der Waals surface area contributed by atoms with Gasteiger partial charge in [0.2, 0.25) is 11.8 Å². The van der Waals surface area contributed by atoms with Crippen molar-refractivity contribution in [3.63, 3.8) is 0 Å². The Balaban J connectivity index is 0.000000134. The van der Waals surface area contributed by atoms with E-state index in [1.165, 1.54) is 61.8 Å². The predicted octanol–water partition coefficient (Wildman–Crippen LogP) is 14.2. The van der Waals surface area contributed by atoms with Crippen molar-refractivity contribution in [2.24, 2.45) is 0 Å². The largest absolute Gasteiger partial charge is 0.364 e. The van der Waals surface area contributed by atoms with Gasteiger partial charge in [-0.2, -0.15) is 0 Å². The molecular formula is C102H115F2N17O5. The molecule has 2 aromatic heterocycles. The minimum Gasteiger partial charge on any atom is -0.364 e. The number of carbonyl (C=O) groups is 4. The highest BCUT2D eigenvalue weighted by Crippen LogP contribution is 2.37. The molecule has 0 bridgehead atoms. The van der Waals surface area contributed by atoms with Crippen LogP contribution in [0.5, 0.6) is 0 Å². The van der Waals surface area contributed by atoms with E-state index in [2.05, 4.69) is 325 Å². The van der Waals surface area contributed by atoms with Crippen molar-refractivity contribution < 1.29 is 32.5 Å². The summed E-state index contributed by atoms with van der Waals surface area (Å²) < 4.78 is 33.9. The zero-order valence-corrected chi connectivity index (χ0v) is 72.2. The summed E-state index contributed by atoms with van der Waals surface area (Å²) in [6.45, 7) is 15.8. The van der Waals surface area contributed by atoms with Gasteiger partial charge in [-0.15, -0.1) is 5.10 Å². The maximum Gasteiger partial charge on any atom is 0.315 e. The third-order valence-electron chi connectivity index (χ3n) is 25.4. The van der Waals surface area contributed by atoms with Crippen LogP contribution in [0.1, 0.15) is 121 Å². The lowest BCUT2D eigenvalue weighted by molar-refractivity contribution is -0.123. The number of nitrogens with zero attached hydrogens (tertiary/aromatic N) is 11. The lowest BCUT2D eigenvalue weighted by Gasteiger charge is -2.26. The first-order chi connectivity index (χ1) is 61.5. The summed E-state index contributed by atoms with van der Waals surface area (Å²) in [4.78, 5) is 65.6. The van der Waals surface area contributed by atoms with Crippen LogP contribution < -0.4 is 31.9 Å². The molecule has 126 heavy (non-hydrogen) atoms. The summed E-state index contributed by atoms with van der Waals surface area (Å²) in [6, 6.07) is 96.9. The van der Waals surface area contributed by atoms with Gasteiger partial charge in [0.05, 0.1) is 48.4 Å². The van der Waals surface area contributed by atoms with Crippen LogP contribution in [0.15, 0.2) is 302 Å². The molecule has 0 spiro atoms. The highest BCUT2D eigenvalue weighted by atomic mass is 19.1. The number of hydrogen-bond donors (Lipinski definition) is 6. The zero-order valence-electron chi connectivity index (χ0n) is 72.2. The highest BCUT2D eigenvalue weighted by molar-refractivity contribution is 5.79. The topological polar surface area (TPSA) is 230 Å². The summed E-state index contributed by atoms with van der Waals surface area (Å²) in [6.07, 6.45) is 4.68. The van der Waals surface area contributed by atoms with Crippen molar-refractivity contribution in [2.75, 3.05) is 79.5 Å². The normalized spacial score (nSPS) is 22.6. The Morgan fingerprint density at radius 1 is 0.373 bits per heavy atom. The Hall–Kier alpha value is -12.4. The molecule has 6 saturated heterocycles. The average Bonchev–Trinajstić information content (AvgIpc) is 1.67. The summed E-state index contributed by atoms with van der Waals surface area (Å²) in [5.74, 6) is 0.305. The molecule has 22 nitrogen and oxygen atoms in total. The lowest BCUT2D eigenvalue weighted by Crippen LogP contribution is -2.50. The molecule has 0 aliphatic carbocycles. The Bertz CT molecular complexity index is 4830. The number of aromatic nitrogens is 5. The number of aryl methyl sites for hydroxylation is 2. The van der Waals surface area contributed by atoms with Crippen LogP contribution in [0.2, 0.25) is 0 Å². The molecule has 6 N–H and O–H groups in total. The Kier molecular flexibility index (Phi) is 30.5. The number of likely N-dealkylation sites (N-methyl/N-ethyl adjacent to an activating group) is 2. The van der Waals surface area contributed by atoms with Crippen molar-refractivity contribution in [3.8, 4) is 0 Å². The number of nitrogens with one attached hydrogen (secondary N) is 6. The van der Waals surface area contributed by atoms with Gasteiger partial charge in [-0.1, -0.05) is 272 Å². The Labute approximate surface area is 738 Å². The van der Waals surface area contributed by atoms with Gasteiger partial charge in [-0.25, -0.2) is 23.1 Å². The molecule has 12 atom stereocenters. The molecule has 8 heterocycles. The smallest absolute Gasteiger partial charge is 0.315 e. The van der Waals surface area contributed by atoms with Gasteiger partial charge in [-0.05, 0) is 130 Å². The van der Waals surface area contributed by atoms with Crippen molar-refractivity contribution >= 4 is 23.9 Å². The number of amides is 6. The molecule has 6 fully saturated rings. The maximum absolute atomic E-state index is 13.9. The SMILES string of the molecule is Cc1ccc(C2C(NC(=O)Cc3ccon3)CCN2C)cc1F.Cc1ccc(C2C(NC(=O)Cn3cnnn3)CCN2C)cc1F.O=C(N[C@@H]1CN(Cc2ccccc2)C[C@@H]1c1ccccc1)N[C@@H]1CN(Cc2ccccc2)C[C@@H]1c1ccccc1.O=C(N[C@H]1CN(Cc2ccccc2)C[C@@H]1c1ccccc1)N[C@H]1CN(Cc2ccccc2)C[C@@H]1c1ccccc1. The fraction of sp³-hybridized carbons (Fsp3) is 0.333. The highest BCUT2D eigenvalue weighted by Gasteiger charge is 2.42. The first kappa shape index (κ1) is 88.4. The van der Waals surface area contributed by atoms with Gasteiger partial charge >= 0.3 is 12.1 Å². The molecule has 0 saturated carbocycles. The van der Waals surface area contributed by atoms with Crippen LogP contribution in [0.3, 0.4) is 0 Å². The summed E-state index contributed by atoms with van der Waals surface area (Å²) in [7, 11) is 3.97. The fourth-order valence-electron chi connectivity index (χ4n) is 19.1. The van der Waals surface area contributed by atoms with Crippen molar-refractivity contribution in [2.45, 2.75) is 138 Å². The van der Waals surface area contributed by atoms with E-state index in [4.69, 9.17) is 4.52 Å². The van der Waals surface area contributed by atoms with E-state index in [0.717, 1.165) is 116 Å². The van der Waals surface area contributed by atoms with Gasteiger partial charge in [0.1, 0.15) is 30.8 Å². The molecule has 6 aliphatic heterocycles. The minimum atomic E-state index is -0.221. The number of hydrogen-bond acceptors (Lipinski definition) is 15. The number of tetrazole rings is 1. The van der Waals surface area contributed by atoms with Crippen LogP contribution >= 0.6 is 0 Å². The second-order valence-corrected chi connectivity index (χ2v) is 34.4. The lowest BCUT2D eigenvalue weighted by atomic mass is 9.94. The van der Waals surface area contributed by atoms with Crippen LogP contribution in [-0.2, 0) is 48.7 Å². The second kappa shape index (κ2) is 43.5. The van der Waals surface area contributed by atoms with Gasteiger partial charge < -0.3 is 36.4 Å². The van der Waals surface area contributed by atoms with E-state index in [1.54, 1.807) is 44.2 Å². The first-order valence-corrected chi connectivity index (χ1v) is 44.0. The first-order valence-electron chi connectivity index (χ1n) is 44.0. The monoisotopic (exact) mass is 1700 g/mol. The number of rotatable bonds is 24. The molecule has 12 aromatic rings. The van der Waals surface area contributed by atoms with Crippen LogP contribution in [0.4, 0.5) is 18.4 Å². The average molecular weight is 1700 g/mol. The molecule has 18 rings (SSSR count). The number of likely N-dealkylation sites (tertiary alicyclic amines) is 6. The molecule has 4 unspecified atom stereocenters. The summed E-state index contributed by atoms with van der Waals surface area (Å²) in [5.41, 5.74) is 13.9. The van der Waals surface area contributed by atoms with E-state index < -0.39 is 0 Å². The number of benzene rings is 10. The van der Waals surface area contributed by atoms with Crippen LogP contribution in [0, 0.1) is 25.5 Å². The standard InChI is InChI=1S/2C35H38N4O.C17H20FN3O2.C15H19FN6O/c2*40-35(36-33-25-38(21-27-13-5-1-6-14-27)23-31(33)29-17-9-3-10-18-29)37-34-26-39(22-28-15-7-2-8-16-28)24-32(34)30-19-11-4-12-20-30;1-11-3-4-12(9-14(11)18)17-15(5-7-21(17)2)19-16(22)10-13-6-8-23-20-13;1-10-3-4-11(7-12(10)16)15-13(5-6-21(15)2)18-14(23)8-22-9-17-19-20-22/h2*1-20,31-34H,21-26H2,(H2,36,37,40);3-4,6,8-9,15,17H,5,7,10H2,1-2H3,(H,19,22);3-4,7,9,13,15H,5-6,8H2,1-2H3,(H,18,23)/t31-,32-,33+,34+;31-,32-,33-,34-;;/m11../s1. The van der Waals surface area contributed by atoms with E-state index in [1.807, 2.05) is 26.2 Å². The fourth-order valence-corrected chi connectivity index (χ4v) is 19.1. The number of carbonyl (C=O) groups excluding carboxylic acids is 4. The van der Waals surface area contributed by atoms with Crippen LogP contribution in [-0.4, -0.2) is 194 Å². The molecule has 652 valence electrons. The van der Waals surface area contributed by atoms with Crippen molar-refractivity contribution in [3.05, 3.63) is 382 Å². The second-order valence-electron chi connectivity index (χ2n) is 34.4. The van der Waals surface area contributed by atoms with Gasteiger partial charge in [0.25, 0.3) is 0 Å². The van der Waals surface area contributed by atoms with Gasteiger partial charge in [-0.3, -0.25) is 39.0 Å². The van der Waals surface area contributed by atoms with Gasteiger partial charge in [0, 0.05) is 133 Å². The predicted molar refractivity (Wildman–Crippen MR) is 486 cm³/mol. The Morgan fingerprint density at radius 2 is 0.690 bits per heavy atom. The summed E-state index contributed by atoms with van der Waals surface area (Å²) >= 11 is 0. The van der Waals surface area contributed by atoms with Crippen molar-refractivity contribution in [1.29, 1.82) is 0 Å². The molecule has 6 aliphatic rings. The number of urea groups is 2. The zero-order chi connectivity index (χ0) is 87.1. The molecule has 10 aromatic carbocycles. The quantitative estimate of drug-likeness (QED) is 0.0330. The van der Waals surface area contributed by atoms with E-state index in [9.17, 15) is 28.0 Å². The number of halogens is 2. The van der Waals surface area contributed by atoms with E-state index in [-0.39, 0.29) is 120 Å². The molecule has 6 amide bonds. The van der Waals surface area contributed by atoms with E-state index >= 15 is 0 Å². The van der Waals surface area contributed by atoms with Crippen LogP contribution in [0.25, 0.3) is 0 Å². The minimum absolute atomic E-state index is 0.0219. The maximum atomic E-state index is 13.9. The summed E-state index contributed by atoms with van der Waals surface area (Å²) in [5, 5.41) is 34.1.